The molecule has 1 unspecified atom stereocenters. The number of methoxy groups -OCH3 is 1. The van der Waals surface area contributed by atoms with Crippen molar-refractivity contribution in [3.8, 4) is 5.75 Å². The second kappa shape index (κ2) is 5.92. The zero-order chi connectivity index (χ0) is 13.9. The van der Waals surface area contributed by atoms with E-state index >= 15 is 0 Å². The lowest BCUT2D eigenvalue weighted by Crippen LogP contribution is -2.30. The minimum absolute atomic E-state index is 0.368. The van der Waals surface area contributed by atoms with Crippen LogP contribution >= 0.6 is 0 Å². The molecule has 106 valence electrons. The van der Waals surface area contributed by atoms with Gasteiger partial charge in [-0.1, -0.05) is 0 Å². The first-order chi connectivity index (χ1) is 9.00. The van der Waals surface area contributed by atoms with Gasteiger partial charge in [0.2, 0.25) is 0 Å². The van der Waals surface area contributed by atoms with Crippen molar-refractivity contribution in [3.05, 3.63) is 23.8 Å². The van der Waals surface area contributed by atoms with Crippen molar-refractivity contribution >= 4 is 9.84 Å². The molecule has 5 heteroatoms. The minimum atomic E-state index is -3.16. The summed E-state index contributed by atoms with van der Waals surface area (Å²) in [5.74, 6) is 1.33. The molecule has 2 rings (SSSR count). The fraction of sp³-hybridized carbons (Fsp3) is 0.571. The Morgan fingerprint density at radius 3 is 2.79 bits per heavy atom. The highest BCUT2D eigenvalue weighted by Gasteiger charge is 2.17. The highest BCUT2D eigenvalue weighted by molar-refractivity contribution is 7.90. The highest BCUT2D eigenvalue weighted by Crippen LogP contribution is 2.27. The van der Waals surface area contributed by atoms with E-state index in [4.69, 9.17) is 4.74 Å². The fourth-order valence-corrected chi connectivity index (χ4v) is 3.23. The molecule has 1 aliphatic rings. The summed E-state index contributed by atoms with van der Waals surface area (Å²) in [4.78, 5) is 0.368. The minimum Gasteiger partial charge on any atom is -0.496 e. The summed E-state index contributed by atoms with van der Waals surface area (Å²) in [6, 6.07) is 5.11. The molecule has 0 radical (unpaired) electrons. The maximum Gasteiger partial charge on any atom is 0.175 e. The lowest BCUT2D eigenvalue weighted by Gasteiger charge is -2.23. The Labute approximate surface area is 115 Å². The number of hydrogen-bond donors (Lipinski definition) is 1. The van der Waals surface area contributed by atoms with E-state index in [9.17, 15) is 8.42 Å². The molecular formula is C14H21NO3S. The molecule has 0 aromatic heterocycles. The van der Waals surface area contributed by atoms with Gasteiger partial charge in [-0.25, -0.2) is 8.42 Å². The Bertz CT molecular complexity index is 534. The lowest BCUT2D eigenvalue weighted by molar-refractivity contribution is 0.363. The zero-order valence-electron chi connectivity index (χ0n) is 11.5. The molecule has 0 saturated carbocycles. The first-order valence-corrected chi connectivity index (χ1v) is 8.47. The third-order valence-corrected chi connectivity index (χ3v) is 4.70. The van der Waals surface area contributed by atoms with Crippen LogP contribution in [0.5, 0.6) is 5.75 Å². The summed E-state index contributed by atoms with van der Waals surface area (Å²) < 4.78 is 28.6. The number of benzene rings is 1. The van der Waals surface area contributed by atoms with Gasteiger partial charge >= 0.3 is 0 Å². The van der Waals surface area contributed by atoms with Gasteiger partial charge in [-0.15, -0.1) is 0 Å². The Morgan fingerprint density at radius 1 is 1.42 bits per heavy atom. The third kappa shape index (κ3) is 3.70. The average molecular weight is 283 g/mol. The number of rotatable bonds is 4. The topological polar surface area (TPSA) is 55.4 Å². The van der Waals surface area contributed by atoms with Crippen LogP contribution in [0.15, 0.2) is 23.1 Å². The van der Waals surface area contributed by atoms with E-state index in [-0.39, 0.29) is 0 Å². The molecule has 1 heterocycles. The van der Waals surface area contributed by atoms with E-state index in [1.54, 1.807) is 25.3 Å². The molecule has 19 heavy (non-hydrogen) atoms. The molecule has 1 atom stereocenters. The molecule has 1 aromatic rings. The van der Waals surface area contributed by atoms with Crippen molar-refractivity contribution in [1.29, 1.82) is 0 Å². The quantitative estimate of drug-likeness (QED) is 0.912. The lowest BCUT2D eigenvalue weighted by atomic mass is 9.92. The molecule has 1 aromatic carbocycles. The molecule has 0 bridgehead atoms. The summed E-state index contributed by atoms with van der Waals surface area (Å²) in [5.41, 5.74) is 0.985. The van der Waals surface area contributed by atoms with Crippen LogP contribution in [0.25, 0.3) is 0 Å². The van der Waals surface area contributed by atoms with Crippen LogP contribution in [-0.2, 0) is 16.3 Å². The van der Waals surface area contributed by atoms with Gasteiger partial charge in [0.05, 0.1) is 12.0 Å². The second-order valence-electron chi connectivity index (χ2n) is 5.16. The summed E-state index contributed by atoms with van der Waals surface area (Å²) in [6.45, 7) is 2.07. The zero-order valence-corrected chi connectivity index (χ0v) is 12.3. The number of hydrogen-bond acceptors (Lipinski definition) is 4. The van der Waals surface area contributed by atoms with Crippen molar-refractivity contribution in [1.82, 2.24) is 5.32 Å². The van der Waals surface area contributed by atoms with Crippen LogP contribution in [0.2, 0.25) is 0 Å². The third-order valence-electron chi connectivity index (χ3n) is 3.59. The van der Waals surface area contributed by atoms with Gasteiger partial charge in [-0.2, -0.15) is 0 Å². The normalized spacial score (nSPS) is 20.2. The Balaban J connectivity index is 2.25. The van der Waals surface area contributed by atoms with E-state index in [0.29, 0.717) is 10.8 Å². The van der Waals surface area contributed by atoms with E-state index in [0.717, 1.165) is 30.8 Å². The Kier molecular flexibility index (Phi) is 4.47. The highest BCUT2D eigenvalue weighted by atomic mass is 32.2. The monoisotopic (exact) mass is 283 g/mol. The average Bonchev–Trinajstić information content (AvgIpc) is 2.39. The van der Waals surface area contributed by atoms with Crippen molar-refractivity contribution in [2.45, 2.75) is 24.2 Å². The van der Waals surface area contributed by atoms with Crippen molar-refractivity contribution in [3.63, 3.8) is 0 Å². The molecule has 1 N–H and O–H groups in total. The molecule has 1 aliphatic heterocycles. The maximum absolute atomic E-state index is 11.6. The SMILES string of the molecule is COc1ccc(S(C)(=O)=O)cc1CC1CCCNC1. The Hall–Kier alpha value is -1.07. The van der Waals surface area contributed by atoms with Crippen LogP contribution in [0.4, 0.5) is 0 Å². The van der Waals surface area contributed by atoms with Crippen LogP contribution in [-0.4, -0.2) is 34.9 Å². The number of nitrogens with one attached hydrogen (secondary N) is 1. The number of ether oxygens (including phenoxy) is 1. The number of sulfone groups is 1. The van der Waals surface area contributed by atoms with Crippen LogP contribution < -0.4 is 10.1 Å². The van der Waals surface area contributed by atoms with E-state index in [1.807, 2.05) is 0 Å². The summed E-state index contributed by atoms with van der Waals surface area (Å²) in [5, 5.41) is 3.38. The van der Waals surface area contributed by atoms with Crippen LogP contribution in [0, 0.1) is 5.92 Å². The summed E-state index contributed by atoms with van der Waals surface area (Å²) in [7, 11) is -1.54. The van der Waals surface area contributed by atoms with Gasteiger partial charge in [0.15, 0.2) is 9.84 Å². The van der Waals surface area contributed by atoms with Gasteiger partial charge < -0.3 is 10.1 Å². The summed E-state index contributed by atoms with van der Waals surface area (Å²) >= 11 is 0. The van der Waals surface area contributed by atoms with E-state index in [1.165, 1.54) is 19.1 Å². The molecule has 1 saturated heterocycles. The smallest absolute Gasteiger partial charge is 0.175 e. The molecule has 4 nitrogen and oxygen atoms in total. The van der Waals surface area contributed by atoms with Crippen molar-refractivity contribution in [2.24, 2.45) is 5.92 Å². The predicted molar refractivity (Wildman–Crippen MR) is 75.4 cm³/mol. The maximum atomic E-state index is 11.6. The molecule has 0 spiro atoms. The largest absolute Gasteiger partial charge is 0.496 e. The van der Waals surface area contributed by atoms with E-state index < -0.39 is 9.84 Å². The molecule has 0 amide bonds. The van der Waals surface area contributed by atoms with Crippen LogP contribution in [0.3, 0.4) is 0 Å². The fourth-order valence-electron chi connectivity index (χ4n) is 2.55. The molecule has 1 fully saturated rings. The van der Waals surface area contributed by atoms with Crippen molar-refractivity contribution in [2.75, 3.05) is 26.5 Å². The van der Waals surface area contributed by atoms with Gasteiger partial charge in [0, 0.05) is 6.26 Å². The van der Waals surface area contributed by atoms with Crippen LogP contribution in [0.1, 0.15) is 18.4 Å². The second-order valence-corrected chi connectivity index (χ2v) is 7.18. The van der Waals surface area contributed by atoms with Gasteiger partial charge in [-0.3, -0.25) is 0 Å². The van der Waals surface area contributed by atoms with Crippen molar-refractivity contribution < 1.29 is 13.2 Å². The van der Waals surface area contributed by atoms with Gasteiger partial charge in [0.25, 0.3) is 0 Å². The molecular weight excluding hydrogens is 262 g/mol. The number of piperidine rings is 1. The Morgan fingerprint density at radius 2 is 2.21 bits per heavy atom. The first-order valence-electron chi connectivity index (χ1n) is 6.58. The standard InChI is InChI=1S/C14H21NO3S/c1-18-14-6-5-13(19(2,16)17)9-12(14)8-11-4-3-7-15-10-11/h5-6,9,11,15H,3-4,7-8,10H2,1-2H3. The molecule has 0 aliphatic carbocycles. The van der Waals surface area contributed by atoms with E-state index in [2.05, 4.69) is 5.32 Å². The first kappa shape index (κ1) is 14.3. The summed E-state index contributed by atoms with van der Waals surface area (Å²) in [6.07, 6.45) is 4.46. The predicted octanol–water partition coefficient (Wildman–Crippen LogP) is 1.64. The van der Waals surface area contributed by atoms with Gasteiger partial charge in [-0.05, 0) is 62.0 Å². The van der Waals surface area contributed by atoms with Gasteiger partial charge in [0.1, 0.15) is 5.75 Å².